The Morgan fingerprint density at radius 3 is 2.67 bits per heavy atom. The van der Waals surface area contributed by atoms with Crippen LogP contribution < -0.4 is 14.8 Å². The minimum absolute atomic E-state index is 0.0256. The molecule has 2 atom stereocenters. The van der Waals surface area contributed by atoms with Gasteiger partial charge in [-0.1, -0.05) is 6.07 Å². The van der Waals surface area contributed by atoms with Crippen molar-refractivity contribution in [3.8, 4) is 11.5 Å². The fourth-order valence-corrected chi connectivity index (χ4v) is 2.41. The van der Waals surface area contributed by atoms with Gasteiger partial charge in [0.05, 0.1) is 14.2 Å². The topological polar surface area (TPSA) is 67.8 Å². The molecule has 0 amide bonds. The highest BCUT2D eigenvalue weighted by Gasteiger charge is 2.33. The van der Waals surface area contributed by atoms with Gasteiger partial charge in [-0.05, 0) is 30.7 Å². The summed E-state index contributed by atoms with van der Waals surface area (Å²) >= 11 is 0. The summed E-state index contributed by atoms with van der Waals surface area (Å²) in [6.45, 7) is 0.718. The quantitative estimate of drug-likeness (QED) is 0.842. The average molecular weight is 251 g/mol. The van der Waals surface area contributed by atoms with E-state index >= 15 is 0 Å². The normalized spacial score (nSPS) is 22.8. The minimum Gasteiger partial charge on any atom is -0.493 e. The monoisotopic (exact) mass is 251 g/mol. The molecule has 0 spiro atoms. The summed E-state index contributed by atoms with van der Waals surface area (Å²) in [5.41, 5.74) is 0.963. The molecule has 1 aliphatic rings. The largest absolute Gasteiger partial charge is 0.493 e. The zero-order chi connectivity index (χ0) is 13.1. The second kappa shape index (κ2) is 5.27. The molecule has 1 saturated heterocycles. The number of methoxy groups -OCH3 is 2. The number of hydrogen-bond acceptors (Lipinski definition) is 4. The van der Waals surface area contributed by atoms with Crippen LogP contribution in [0.3, 0.4) is 0 Å². The molecule has 18 heavy (non-hydrogen) atoms. The smallest absolute Gasteiger partial charge is 0.321 e. The van der Waals surface area contributed by atoms with E-state index in [1.165, 1.54) is 0 Å². The lowest BCUT2D eigenvalue weighted by molar-refractivity contribution is -0.139. The lowest BCUT2D eigenvalue weighted by Crippen LogP contribution is -2.34. The first-order valence-electron chi connectivity index (χ1n) is 5.85. The standard InChI is InChI=1S/C13H17NO4/c1-17-10-4-3-8(7-11(10)18-2)9-5-6-14-12(9)13(15)16/h3-4,7,9,12,14H,5-6H2,1-2H3,(H,15,16)/t9-,12+/m1/s1. The lowest BCUT2D eigenvalue weighted by atomic mass is 9.91. The first kappa shape index (κ1) is 12.7. The van der Waals surface area contributed by atoms with Crippen LogP contribution in [0.4, 0.5) is 0 Å². The highest BCUT2D eigenvalue weighted by molar-refractivity contribution is 5.75. The summed E-state index contributed by atoms with van der Waals surface area (Å²) in [6.07, 6.45) is 0.812. The molecular weight excluding hydrogens is 234 g/mol. The van der Waals surface area contributed by atoms with Gasteiger partial charge >= 0.3 is 5.97 Å². The molecule has 1 aliphatic heterocycles. The Hall–Kier alpha value is -1.75. The van der Waals surface area contributed by atoms with Crippen molar-refractivity contribution in [2.24, 2.45) is 0 Å². The summed E-state index contributed by atoms with van der Waals surface area (Å²) in [4.78, 5) is 11.1. The van der Waals surface area contributed by atoms with Gasteiger partial charge in [-0.3, -0.25) is 4.79 Å². The maximum Gasteiger partial charge on any atom is 0.321 e. The van der Waals surface area contributed by atoms with Crippen LogP contribution in [0.25, 0.3) is 0 Å². The minimum atomic E-state index is -0.813. The molecular formula is C13H17NO4. The van der Waals surface area contributed by atoms with E-state index < -0.39 is 12.0 Å². The van der Waals surface area contributed by atoms with E-state index in [4.69, 9.17) is 14.6 Å². The van der Waals surface area contributed by atoms with E-state index in [9.17, 15) is 4.79 Å². The molecule has 0 unspecified atom stereocenters. The van der Waals surface area contributed by atoms with Crippen LogP contribution in [-0.4, -0.2) is 37.9 Å². The second-order valence-electron chi connectivity index (χ2n) is 4.28. The zero-order valence-electron chi connectivity index (χ0n) is 10.5. The number of carbonyl (C=O) groups is 1. The molecule has 1 aromatic carbocycles. The molecule has 98 valence electrons. The number of nitrogens with one attached hydrogen (secondary N) is 1. The summed E-state index contributed by atoms with van der Waals surface area (Å²) < 4.78 is 10.4. The van der Waals surface area contributed by atoms with E-state index in [0.717, 1.165) is 18.5 Å². The van der Waals surface area contributed by atoms with Gasteiger partial charge < -0.3 is 19.9 Å². The molecule has 2 N–H and O–H groups in total. The van der Waals surface area contributed by atoms with E-state index in [1.807, 2.05) is 18.2 Å². The number of rotatable bonds is 4. The Morgan fingerprint density at radius 2 is 2.06 bits per heavy atom. The predicted molar refractivity (Wildman–Crippen MR) is 66.3 cm³/mol. The highest BCUT2D eigenvalue weighted by Crippen LogP contribution is 2.34. The van der Waals surface area contributed by atoms with Crippen molar-refractivity contribution in [2.75, 3.05) is 20.8 Å². The third-order valence-electron chi connectivity index (χ3n) is 3.32. The van der Waals surface area contributed by atoms with Crippen molar-refractivity contribution < 1.29 is 19.4 Å². The van der Waals surface area contributed by atoms with E-state index in [2.05, 4.69) is 5.32 Å². The van der Waals surface area contributed by atoms with E-state index in [-0.39, 0.29) is 5.92 Å². The summed E-state index contributed by atoms with van der Waals surface area (Å²) in [7, 11) is 3.15. The van der Waals surface area contributed by atoms with Crippen LogP contribution in [-0.2, 0) is 4.79 Å². The Balaban J connectivity index is 2.30. The summed E-state index contributed by atoms with van der Waals surface area (Å²) in [5, 5.41) is 12.2. The van der Waals surface area contributed by atoms with Gasteiger partial charge in [0.25, 0.3) is 0 Å². The highest BCUT2D eigenvalue weighted by atomic mass is 16.5. The number of carboxylic acids is 1. The van der Waals surface area contributed by atoms with Crippen LogP contribution in [0.5, 0.6) is 11.5 Å². The SMILES string of the molecule is COc1ccc([C@H]2CCN[C@@H]2C(=O)O)cc1OC. The Bertz CT molecular complexity index is 447. The van der Waals surface area contributed by atoms with Crippen LogP contribution in [0.1, 0.15) is 17.9 Å². The van der Waals surface area contributed by atoms with Gasteiger partial charge in [0.1, 0.15) is 6.04 Å². The van der Waals surface area contributed by atoms with Crippen molar-refractivity contribution in [1.82, 2.24) is 5.32 Å². The van der Waals surface area contributed by atoms with Crippen molar-refractivity contribution in [3.63, 3.8) is 0 Å². The van der Waals surface area contributed by atoms with Crippen molar-refractivity contribution >= 4 is 5.97 Å². The van der Waals surface area contributed by atoms with Gasteiger partial charge in [0, 0.05) is 5.92 Å². The molecule has 1 aromatic rings. The fourth-order valence-electron chi connectivity index (χ4n) is 2.41. The van der Waals surface area contributed by atoms with Gasteiger partial charge in [-0.2, -0.15) is 0 Å². The average Bonchev–Trinajstić information content (AvgIpc) is 2.87. The van der Waals surface area contributed by atoms with Crippen molar-refractivity contribution in [3.05, 3.63) is 23.8 Å². The molecule has 1 heterocycles. The predicted octanol–water partition coefficient (Wildman–Crippen LogP) is 1.23. The molecule has 0 aromatic heterocycles. The Kier molecular flexibility index (Phi) is 3.72. The Labute approximate surface area is 106 Å². The number of benzene rings is 1. The van der Waals surface area contributed by atoms with Crippen LogP contribution >= 0.6 is 0 Å². The maximum absolute atomic E-state index is 11.1. The lowest BCUT2D eigenvalue weighted by Gasteiger charge is -2.17. The Morgan fingerprint density at radius 1 is 1.33 bits per heavy atom. The first-order valence-corrected chi connectivity index (χ1v) is 5.85. The zero-order valence-corrected chi connectivity index (χ0v) is 10.5. The molecule has 5 heteroatoms. The fraction of sp³-hybridized carbons (Fsp3) is 0.462. The number of carboxylic acid groups (broad SMARTS) is 1. The van der Waals surface area contributed by atoms with Crippen LogP contribution in [0, 0.1) is 0 Å². The number of ether oxygens (including phenoxy) is 2. The third kappa shape index (κ3) is 2.26. The molecule has 2 rings (SSSR count). The molecule has 0 saturated carbocycles. The van der Waals surface area contributed by atoms with Crippen molar-refractivity contribution in [1.29, 1.82) is 0 Å². The summed E-state index contributed by atoms with van der Waals surface area (Å²) in [6, 6.07) is 5.04. The van der Waals surface area contributed by atoms with Gasteiger partial charge in [-0.25, -0.2) is 0 Å². The molecule has 0 aliphatic carbocycles. The van der Waals surface area contributed by atoms with Gasteiger partial charge in [0.15, 0.2) is 11.5 Å². The number of hydrogen-bond donors (Lipinski definition) is 2. The number of aliphatic carboxylic acids is 1. The van der Waals surface area contributed by atoms with E-state index in [0.29, 0.717) is 11.5 Å². The van der Waals surface area contributed by atoms with Crippen molar-refractivity contribution in [2.45, 2.75) is 18.4 Å². The molecule has 0 radical (unpaired) electrons. The van der Waals surface area contributed by atoms with Gasteiger partial charge in [0.2, 0.25) is 0 Å². The molecule has 1 fully saturated rings. The maximum atomic E-state index is 11.1. The van der Waals surface area contributed by atoms with E-state index in [1.54, 1.807) is 14.2 Å². The first-order chi connectivity index (χ1) is 8.67. The van der Waals surface area contributed by atoms with Crippen LogP contribution in [0.15, 0.2) is 18.2 Å². The second-order valence-corrected chi connectivity index (χ2v) is 4.28. The molecule has 5 nitrogen and oxygen atoms in total. The van der Waals surface area contributed by atoms with Crippen LogP contribution in [0.2, 0.25) is 0 Å². The van der Waals surface area contributed by atoms with Gasteiger partial charge in [-0.15, -0.1) is 0 Å². The summed E-state index contributed by atoms with van der Waals surface area (Å²) in [5.74, 6) is 0.444. The third-order valence-corrected chi connectivity index (χ3v) is 3.32. The molecule has 0 bridgehead atoms.